The number of amides is 2. The number of benzene rings is 1. The maximum Gasteiger partial charge on any atom is 0.408 e. The number of carbonyl (C=O) groups is 2. The zero-order valence-corrected chi connectivity index (χ0v) is 13.7. The Bertz CT molecular complexity index is 668. The number of nitrogens with zero attached hydrogens (tertiary/aromatic N) is 2. The van der Waals surface area contributed by atoms with E-state index in [1.165, 1.54) is 23.1 Å². The lowest BCUT2D eigenvalue weighted by atomic mass is 10.2. The third-order valence-electron chi connectivity index (χ3n) is 3.10. The Morgan fingerprint density at radius 2 is 2.12 bits per heavy atom. The number of hydrogen-bond acceptors (Lipinski definition) is 6. The number of nitrogens with one attached hydrogen (secondary N) is 1. The van der Waals surface area contributed by atoms with Gasteiger partial charge in [-0.05, 0) is 26.8 Å². The number of nitro benzene ring substituents is 1. The molecule has 0 saturated carbocycles. The first-order chi connectivity index (χ1) is 11.2. The predicted octanol–water partition coefficient (Wildman–Crippen LogP) is 1.84. The number of anilines is 1. The van der Waals surface area contributed by atoms with E-state index in [-0.39, 0.29) is 30.5 Å². The average molecular weight is 337 g/mol. The average Bonchev–Trinajstić information content (AvgIpc) is 2.49. The Morgan fingerprint density at radius 3 is 2.75 bits per heavy atom. The maximum absolute atomic E-state index is 12.3. The van der Waals surface area contributed by atoms with E-state index in [4.69, 9.17) is 9.47 Å². The van der Waals surface area contributed by atoms with Crippen LogP contribution in [-0.2, 0) is 9.53 Å². The number of nitro groups is 1. The molecule has 0 fully saturated rings. The van der Waals surface area contributed by atoms with Gasteiger partial charge in [0.15, 0.2) is 0 Å². The van der Waals surface area contributed by atoms with Crippen LogP contribution in [0.15, 0.2) is 18.2 Å². The number of alkyl carbamates (subject to hydrolysis) is 1. The van der Waals surface area contributed by atoms with Crippen molar-refractivity contribution < 1.29 is 24.0 Å². The van der Waals surface area contributed by atoms with Crippen LogP contribution in [0.2, 0.25) is 0 Å². The second kappa shape index (κ2) is 6.73. The molecule has 130 valence electrons. The number of fused-ring (bicyclic) bond motifs is 1. The zero-order chi connectivity index (χ0) is 17.9. The largest absolute Gasteiger partial charge is 0.489 e. The van der Waals surface area contributed by atoms with Gasteiger partial charge in [0, 0.05) is 6.07 Å². The molecular weight excluding hydrogens is 318 g/mol. The van der Waals surface area contributed by atoms with Crippen molar-refractivity contribution in [2.24, 2.45) is 0 Å². The summed E-state index contributed by atoms with van der Waals surface area (Å²) in [5.74, 6) is -0.0969. The van der Waals surface area contributed by atoms with Crippen molar-refractivity contribution in [2.75, 3.05) is 24.6 Å². The quantitative estimate of drug-likeness (QED) is 0.665. The third kappa shape index (κ3) is 4.34. The molecule has 0 unspecified atom stereocenters. The van der Waals surface area contributed by atoms with Gasteiger partial charge in [-0.1, -0.05) is 0 Å². The summed E-state index contributed by atoms with van der Waals surface area (Å²) in [5.41, 5.74) is -0.338. The first kappa shape index (κ1) is 17.5. The third-order valence-corrected chi connectivity index (χ3v) is 3.10. The van der Waals surface area contributed by atoms with Crippen LogP contribution >= 0.6 is 0 Å². The minimum Gasteiger partial charge on any atom is -0.489 e. The topological polar surface area (TPSA) is 111 Å². The SMILES string of the molecule is CC(C)(C)OC(=O)NCC(=O)N1CCOc2cc([N+](=O)[O-])ccc21. The predicted molar refractivity (Wildman–Crippen MR) is 85.2 cm³/mol. The molecule has 0 spiro atoms. The summed E-state index contributed by atoms with van der Waals surface area (Å²) in [4.78, 5) is 35.6. The molecule has 1 N–H and O–H groups in total. The fourth-order valence-corrected chi connectivity index (χ4v) is 2.14. The molecule has 0 radical (unpaired) electrons. The first-order valence-electron chi connectivity index (χ1n) is 7.36. The Labute approximate surface area is 138 Å². The smallest absolute Gasteiger partial charge is 0.408 e. The molecule has 9 nitrogen and oxygen atoms in total. The highest BCUT2D eigenvalue weighted by Crippen LogP contribution is 2.34. The fourth-order valence-electron chi connectivity index (χ4n) is 2.14. The first-order valence-corrected chi connectivity index (χ1v) is 7.36. The molecule has 2 amide bonds. The number of rotatable bonds is 3. The molecule has 1 heterocycles. The van der Waals surface area contributed by atoms with Crippen LogP contribution in [0, 0.1) is 10.1 Å². The maximum atomic E-state index is 12.3. The standard InChI is InChI=1S/C15H19N3O6/c1-15(2,3)24-14(20)16-9-13(19)17-6-7-23-12-8-10(18(21)22)4-5-11(12)17/h4-5,8H,6-7,9H2,1-3H3,(H,16,20). The van der Waals surface area contributed by atoms with Crippen molar-refractivity contribution in [3.05, 3.63) is 28.3 Å². The van der Waals surface area contributed by atoms with Crippen LogP contribution in [0.4, 0.5) is 16.2 Å². The van der Waals surface area contributed by atoms with E-state index < -0.39 is 16.6 Å². The van der Waals surface area contributed by atoms with E-state index in [1.54, 1.807) is 20.8 Å². The van der Waals surface area contributed by atoms with Gasteiger partial charge in [0.05, 0.1) is 23.2 Å². The van der Waals surface area contributed by atoms with Gasteiger partial charge in [-0.2, -0.15) is 0 Å². The highest BCUT2D eigenvalue weighted by molar-refractivity contribution is 5.98. The van der Waals surface area contributed by atoms with Crippen molar-refractivity contribution in [3.63, 3.8) is 0 Å². The van der Waals surface area contributed by atoms with Crippen molar-refractivity contribution >= 4 is 23.4 Å². The summed E-state index contributed by atoms with van der Waals surface area (Å²) in [7, 11) is 0. The van der Waals surface area contributed by atoms with Crippen molar-refractivity contribution in [2.45, 2.75) is 26.4 Å². The van der Waals surface area contributed by atoms with E-state index in [0.29, 0.717) is 12.2 Å². The summed E-state index contributed by atoms with van der Waals surface area (Å²) in [6.07, 6.45) is -0.687. The molecule has 1 aromatic rings. The van der Waals surface area contributed by atoms with Crippen molar-refractivity contribution in [1.82, 2.24) is 5.32 Å². The summed E-state index contributed by atoms with van der Waals surface area (Å²) in [6.45, 7) is 5.43. The molecule has 1 aliphatic rings. The summed E-state index contributed by atoms with van der Waals surface area (Å²) in [5, 5.41) is 13.2. The molecular formula is C15H19N3O6. The summed E-state index contributed by atoms with van der Waals surface area (Å²) in [6, 6.07) is 4.03. The molecule has 24 heavy (non-hydrogen) atoms. The van der Waals surface area contributed by atoms with Gasteiger partial charge in [-0.3, -0.25) is 14.9 Å². The van der Waals surface area contributed by atoms with E-state index in [2.05, 4.69) is 5.32 Å². The van der Waals surface area contributed by atoms with Gasteiger partial charge in [0.1, 0.15) is 24.5 Å². The van der Waals surface area contributed by atoms with Crippen LogP contribution in [0.1, 0.15) is 20.8 Å². The van der Waals surface area contributed by atoms with Crippen LogP contribution in [0.3, 0.4) is 0 Å². The van der Waals surface area contributed by atoms with Gasteiger partial charge in [0.25, 0.3) is 5.69 Å². The Hall–Kier alpha value is -2.84. The zero-order valence-electron chi connectivity index (χ0n) is 13.7. The normalized spacial score (nSPS) is 13.5. The highest BCUT2D eigenvalue weighted by atomic mass is 16.6. The molecule has 0 saturated heterocycles. The van der Waals surface area contributed by atoms with Crippen molar-refractivity contribution in [3.8, 4) is 5.75 Å². The monoisotopic (exact) mass is 337 g/mol. The molecule has 2 rings (SSSR count). The Balaban J connectivity index is 2.04. The molecule has 0 aromatic heterocycles. The van der Waals surface area contributed by atoms with Crippen LogP contribution in [-0.4, -0.2) is 42.2 Å². The second-order valence-electron chi connectivity index (χ2n) is 6.16. The minimum absolute atomic E-state index is 0.116. The molecule has 1 aromatic carbocycles. The van der Waals surface area contributed by atoms with Crippen LogP contribution in [0.25, 0.3) is 0 Å². The van der Waals surface area contributed by atoms with E-state index in [1.807, 2.05) is 0 Å². The van der Waals surface area contributed by atoms with Crippen LogP contribution < -0.4 is 15.0 Å². The van der Waals surface area contributed by atoms with E-state index in [9.17, 15) is 19.7 Å². The van der Waals surface area contributed by atoms with Crippen molar-refractivity contribution in [1.29, 1.82) is 0 Å². The molecule has 0 atom stereocenters. The number of non-ortho nitro benzene ring substituents is 1. The molecule has 0 bridgehead atoms. The van der Waals surface area contributed by atoms with Gasteiger partial charge < -0.3 is 19.7 Å². The second-order valence-corrected chi connectivity index (χ2v) is 6.16. The fraction of sp³-hybridized carbons (Fsp3) is 0.467. The summed E-state index contributed by atoms with van der Waals surface area (Å²) < 4.78 is 10.4. The number of hydrogen-bond donors (Lipinski definition) is 1. The lowest BCUT2D eigenvalue weighted by molar-refractivity contribution is -0.384. The van der Waals surface area contributed by atoms with E-state index in [0.717, 1.165) is 0 Å². The lowest BCUT2D eigenvalue weighted by Gasteiger charge is -2.29. The number of ether oxygens (including phenoxy) is 2. The lowest BCUT2D eigenvalue weighted by Crippen LogP contribution is -2.45. The Kier molecular flexibility index (Phi) is 4.91. The van der Waals surface area contributed by atoms with Gasteiger partial charge >= 0.3 is 6.09 Å². The summed E-state index contributed by atoms with van der Waals surface area (Å²) >= 11 is 0. The van der Waals surface area contributed by atoms with Gasteiger partial charge in [-0.25, -0.2) is 4.79 Å². The van der Waals surface area contributed by atoms with Gasteiger partial charge in [-0.15, -0.1) is 0 Å². The Morgan fingerprint density at radius 1 is 1.42 bits per heavy atom. The molecule has 0 aliphatic carbocycles. The molecule has 1 aliphatic heterocycles. The van der Waals surface area contributed by atoms with E-state index >= 15 is 0 Å². The highest BCUT2D eigenvalue weighted by Gasteiger charge is 2.26. The van der Waals surface area contributed by atoms with Gasteiger partial charge in [0.2, 0.25) is 5.91 Å². The molecule has 9 heteroatoms. The van der Waals surface area contributed by atoms with Crippen LogP contribution in [0.5, 0.6) is 5.75 Å². The number of carbonyl (C=O) groups excluding carboxylic acids is 2. The minimum atomic E-state index is -0.687.